The summed E-state index contributed by atoms with van der Waals surface area (Å²) in [6.45, 7) is 6.17. The Labute approximate surface area is 171 Å². The van der Waals surface area contributed by atoms with E-state index in [1.807, 2.05) is 6.92 Å². The number of amides is 1. The van der Waals surface area contributed by atoms with Crippen molar-refractivity contribution in [1.82, 2.24) is 10.2 Å². The molecule has 1 aliphatic heterocycles. The lowest BCUT2D eigenvalue weighted by atomic mass is 9.94. The minimum atomic E-state index is -0.268. The number of rotatable bonds is 6. The van der Waals surface area contributed by atoms with Gasteiger partial charge >= 0.3 is 0 Å². The highest BCUT2D eigenvalue weighted by molar-refractivity contribution is 6.31. The molecule has 0 spiro atoms. The van der Waals surface area contributed by atoms with Crippen LogP contribution in [0.3, 0.4) is 0 Å². The van der Waals surface area contributed by atoms with Crippen LogP contribution in [0.15, 0.2) is 42.5 Å². The van der Waals surface area contributed by atoms with E-state index in [1.54, 1.807) is 12.1 Å². The molecule has 1 aliphatic rings. The molecular formula is C23H28ClFN2O. The number of halogens is 2. The molecule has 1 heterocycles. The van der Waals surface area contributed by atoms with Gasteiger partial charge in [-0.15, -0.1) is 0 Å². The average Bonchev–Trinajstić information content (AvgIpc) is 2.71. The number of piperidine rings is 1. The van der Waals surface area contributed by atoms with E-state index in [0.717, 1.165) is 37.9 Å². The molecule has 0 aromatic heterocycles. The smallest absolute Gasteiger partial charge is 0.223 e. The number of nitrogens with one attached hydrogen (secondary N) is 1. The maximum absolute atomic E-state index is 14.0. The average molecular weight is 403 g/mol. The molecule has 1 N–H and O–H groups in total. The zero-order valence-electron chi connectivity index (χ0n) is 16.6. The van der Waals surface area contributed by atoms with E-state index in [4.69, 9.17) is 11.6 Å². The summed E-state index contributed by atoms with van der Waals surface area (Å²) in [5, 5.41) is 3.61. The van der Waals surface area contributed by atoms with E-state index < -0.39 is 0 Å². The number of nitrogens with zero attached hydrogens (tertiary/aromatic N) is 1. The Morgan fingerprint density at radius 3 is 2.50 bits per heavy atom. The summed E-state index contributed by atoms with van der Waals surface area (Å²) in [6, 6.07) is 13.2. The van der Waals surface area contributed by atoms with Crippen molar-refractivity contribution in [2.24, 2.45) is 5.92 Å². The highest BCUT2D eigenvalue weighted by Gasteiger charge is 2.26. The monoisotopic (exact) mass is 402 g/mol. The fraction of sp³-hybridized carbons (Fsp3) is 0.435. The van der Waals surface area contributed by atoms with Crippen molar-refractivity contribution in [3.05, 3.63) is 70.0 Å². The Morgan fingerprint density at radius 2 is 1.89 bits per heavy atom. The quantitative estimate of drug-likeness (QED) is 0.726. The maximum Gasteiger partial charge on any atom is 0.223 e. The minimum Gasteiger partial charge on any atom is -0.349 e. The van der Waals surface area contributed by atoms with Crippen molar-refractivity contribution in [3.8, 4) is 0 Å². The summed E-state index contributed by atoms with van der Waals surface area (Å²) >= 11 is 6.13. The zero-order valence-corrected chi connectivity index (χ0v) is 17.3. The Kier molecular flexibility index (Phi) is 7.08. The van der Waals surface area contributed by atoms with Gasteiger partial charge in [0, 0.05) is 23.0 Å². The number of likely N-dealkylation sites (tertiary alicyclic amines) is 1. The molecule has 3 nitrogen and oxygen atoms in total. The third-order valence-corrected chi connectivity index (χ3v) is 6.00. The van der Waals surface area contributed by atoms with Gasteiger partial charge in [-0.2, -0.15) is 0 Å². The van der Waals surface area contributed by atoms with Gasteiger partial charge in [0.2, 0.25) is 5.91 Å². The summed E-state index contributed by atoms with van der Waals surface area (Å²) in [7, 11) is 0. The van der Waals surface area contributed by atoms with Gasteiger partial charge < -0.3 is 5.32 Å². The molecule has 28 heavy (non-hydrogen) atoms. The number of carbonyl (C=O) groups is 1. The van der Waals surface area contributed by atoms with Crippen molar-refractivity contribution < 1.29 is 9.18 Å². The highest BCUT2D eigenvalue weighted by Crippen LogP contribution is 2.25. The largest absolute Gasteiger partial charge is 0.349 e. The van der Waals surface area contributed by atoms with E-state index in [-0.39, 0.29) is 23.7 Å². The topological polar surface area (TPSA) is 32.3 Å². The second-order valence-corrected chi connectivity index (χ2v) is 7.98. The number of benzene rings is 2. The molecule has 1 fully saturated rings. The van der Waals surface area contributed by atoms with Crippen LogP contribution in [0.2, 0.25) is 5.02 Å². The summed E-state index contributed by atoms with van der Waals surface area (Å²) in [5.41, 5.74) is 2.96. The van der Waals surface area contributed by atoms with Crippen molar-refractivity contribution in [1.29, 1.82) is 0 Å². The second-order valence-electron chi connectivity index (χ2n) is 7.58. The normalized spacial score (nSPS) is 16.7. The first-order valence-electron chi connectivity index (χ1n) is 10.0. The molecule has 2 aromatic rings. The van der Waals surface area contributed by atoms with Crippen LogP contribution in [-0.4, -0.2) is 23.9 Å². The molecule has 0 bridgehead atoms. The SMILES string of the molecule is CCc1ccc([C@@H](C)NC(=O)C2CCN(Cc3c(F)cccc3Cl)CC2)cc1. The maximum atomic E-state index is 14.0. The molecule has 0 radical (unpaired) electrons. The highest BCUT2D eigenvalue weighted by atomic mass is 35.5. The molecule has 0 unspecified atom stereocenters. The molecule has 150 valence electrons. The number of hydrogen-bond donors (Lipinski definition) is 1. The number of carbonyl (C=O) groups excluding carboxylic acids is 1. The summed E-state index contributed by atoms with van der Waals surface area (Å²) in [6.07, 6.45) is 2.57. The molecule has 0 saturated carbocycles. The van der Waals surface area contributed by atoms with E-state index in [1.165, 1.54) is 11.6 Å². The fourth-order valence-electron chi connectivity index (χ4n) is 3.72. The van der Waals surface area contributed by atoms with Crippen molar-refractivity contribution in [2.45, 2.75) is 45.7 Å². The van der Waals surface area contributed by atoms with Crippen LogP contribution >= 0.6 is 11.6 Å². The summed E-state index contributed by atoms with van der Waals surface area (Å²) in [4.78, 5) is 14.8. The minimum absolute atomic E-state index is 0.00436. The van der Waals surface area contributed by atoms with Gasteiger partial charge in [-0.05, 0) is 62.5 Å². The van der Waals surface area contributed by atoms with Gasteiger partial charge in [-0.3, -0.25) is 9.69 Å². The van der Waals surface area contributed by atoms with Crippen molar-refractivity contribution >= 4 is 17.5 Å². The van der Waals surface area contributed by atoms with Crippen LogP contribution in [-0.2, 0) is 17.8 Å². The third-order valence-electron chi connectivity index (χ3n) is 5.65. The van der Waals surface area contributed by atoms with E-state index in [2.05, 4.69) is 41.4 Å². The van der Waals surface area contributed by atoms with Crippen LogP contribution in [0.25, 0.3) is 0 Å². The molecule has 3 rings (SSSR count). The van der Waals surface area contributed by atoms with Crippen LogP contribution in [0.4, 0.5) is 4.39 Å². The first-order valence-corrected chi connectivity index (χ1v) is 10.4. The van der Waals surface area contributed by atoms with Crippen LogP contribution in [0.1, 0.15) is 49.4 Å². The van der Waals surface area contributed by atoms with Gasteiger partial charge in [0.05, 0.1) is 6.04 Å². The van der Waals surface area contributed by atoms with Gasteiger partial charge in [0.1, 0.15) is 5.82 Å². The molecule has 0 aliphatic carbocycles. The predicted octanol–water partition coefficient (Wildman–Crippen LogP) is 5.13. The number of hydrogen-bond acceptors (Lipinski definition) is 2. The molecule has 5 heteroatoms. The lowest BCUT2D eigenvalue weighted by Crippen LogP contribution is -2.41. The second kappa shape index (κ2) is 9.53. The molecule has 1 amide bonds. The summed E-state index contributed by atoms with van der Waals surface area (Å²) in [5.74, 6) is -0.157. The fourth-order valence-corrected chi connectivity index (χ4v) is 3.94. The predicted molar refractivity (Wildman–Crippen MR) is 112 cm³/mol. The molecular weight excluding hydrogens is 375 g/mol. The molecule has 2 aromatic carbocycles. The van der Waals surface area contributed by atoms with Crippen LogP contribution in [0.5, 0.6) is 0 Å². The Morgan fingerprint density at radius 1 is 1.21 bits per heavy atom. The lowest BCUT2D eigenvalue weighted by molar-refractivity contribution is -0.127. The third kappa shape index (κ3) is 5.12. The summed E-state index contributed by atoms with van der Waals surface area (Å²) < 4.78 is 14.0. The standard InChI is InChI=1S/C23H28ClFN2O/c1-3-17-7-9-18(10-8-17)16(2)26-23(28)19-11-13-27(14-12-19)15-20-21(24)5-4-6-22(20)25/h4-10,16,19H,3,11-15H2,1-2H3,(H,26,28)/t16-/m1/s1. The van der Waals surface area contributed by atoms with Crippen LogP contribution in [0, 0.1) is 11.7 Å². The molecule has 1 saturated heterocycles. The van der Waals surface area contributed by atoms with Gasteiger partial charge in [-0.1, -0.05) is 48.9 Å². The Balaban J connectivity index is 1.50. The van der Waals surface area contributed by atoms with E-state index in [9.17, 15) is 9.18 Å². The van der Waals surface area contributed by atoms with Crippen LogP contribution < -0.4 is 5.32 Å². The Hall–Kier alpha value is -1.91. The first kappa shape index (κ1) is 20.8. The Bertz CT molecular complexity index is 780. The van der Waals surface area contributed by atoms with Gasteiger partial charge in [0.25, 0.3) is 0 Å². The van der Waals surface area contributed by atoms with Crippen molar-refractivity contribution in [3.63, 3.8) is 0 Å². The number of aryl methyl sites for hydroxylation is 1. The van der Waals surface area contributed by atoms with E-state index >= 15 is 0 Å². The van der Waals surface area contributed by atoms with Gasteiger partial charge in [0.15, 0.2) is 0 Å². The van der Waals surface area contributed by atoms with Crippen molar-refractivity contribution in [2.75, 3.05) is 13.1 Å². The van der Waals surface area contributed by atoms with Gasteiger partial charge in [-0.25, -0.2) is 4.39 Å². The van der Waals surface area contributed by atoms with E-state index in [0.29, 0.717) is 17.1 Å². The zero-order chi connectivity index (χ0) is 20.1. The first-order chi connectivity index (χ1) is 13.5. The lowest BCUT2D eigenvalue weighted by Gasteiger charge is -2.32. The molecule has 1 atom stereocenters.